The minimum Gasteiger partial charge on any atom is -0.397 e. The number of hydrogen-bond acceptors (Lipinski definition) is 3. The molecule has 2 rings (SSSR count). The van der Waals surface area contributed by atoms with Gasteiger partial charge in [0.2, 0.25) is 0 Å². The Morgan fingerprint density at radius 1 is 1.15 bits per heavy atom. The summed E-state index contributed by atoms with van der Waals surface area (Å²) in [5.41, 5.74) is 9.10. The molecule has 0 spiro atoms. The van der Waals surface area contributed by atoms with Gasteiger partial charge in [-0.05, 0) is 37.1 Å². The summed E-state index contributed by atoms with van der Waals surface area (Å²) in [6.07, 6.45) is 7.87. The predicted molar refractivity (Wildman–Crippen MR) is 88.0 cm³/mol. The Bertz CT molecular complexity index is 551. The molecule has 3 heteroatoms. The Balaban J connectivity index is 2.20. The van der Waals surface area contributed by atoms with E-state index in [1.807, 2.05) is 18.2 Å². The van der Waals surface area contributed by atoms with E-state index in [2.05, 4.69) is 30.2 Å². The van der Waals surface area contributed by atoms with Crippen LogP contribution in [0.25, 0.3) is 10.9 Å². The van der Waals surface area contributed by atoms with Crippen molar-refractivity contribution < 1.29 is 0 Å². The van der Waals surface area contributed by atoms with E-state index >= 15 is 0 Å². The Kier molecular flexibility index (Phi) is 5.22. The topological polar surface area (TPSA) is 50.9 Å². The number of nitrogens with zero attached hydrogens (tertiary/aromatic N) is 1. The lowest BCUT2D eigenvalue weighted by molar-refractivity contribution is 0.565. The van der Waals surface area contributed by atoms with Gasteiger partial charge in [0.05, 0.1) is 16.9 Å². The summed E-state index contributed by atoms with van der Waals surface area (Å²) in [6, 6.07) is 8.57. The Morgan fingerprint density at radius 2 is 2.00 bits per heavy atom. The molecule has 0 saturated heterocycles. The molecule has 1 unspecified atom stereocenters. The first-order valence-corrected chi connectivity index (χ1v) is 7.66. The third-order valence-corrected chi connectivity index (χ3v) is 3.73. The number of anilines is 2. The van der Waals surface area contributed by atoms with Gasteiger partial charge >= 0.3 is 0 Å². The highest BCUT2D eigenvalue weighted by molar-refractivity contribution is 5.96. The number of nitrogens with two attached hydrogens (primary N) is 1. The predicted octanol–water partition coefficient (Wildman–Crippen LogP) is 4.59. The lowest BCUT2D eigenvalue weighted by Gasteiger charge is -2.21. The Hall–Kier alpha value is -1.77. The van der Waals surface area contributed by atoms with Crippen LogP contribution in [-0.4, -0.2) is 11.0 Å². The first-order chi connectivity index (χ1) is 9.76. The zero-order valence-electron chi connectivity index (χ0n) is 12.5. The number of fused-ring (bicyclic) bond motifs is 1. The highest BCUT2D eigenvalue weighted by Crippen LogP contribution is 2.28. The van der Waals surface area contributed by atoms with Gasteiger partial charge in [-0.3, -0.25) is 4.98 Å². The highest BCUT2D eigenvalue weighted by atomic mass is 14.9. The van der Waals surface area contributed by atoms with Gasteiger partial charge in [0.15, 0.2) is 0 Å². The van der Waals surface area contributed by atoms with E-state index in [0.29, 0.717) is 6.04 Å². The summed E-state index contributed by atoms with van der Waals surface area (Å²) >= 11 is 0. The fourth-order valence-electron chi connectivity index (χ4n) is 2.61. The van der Waals surface area contributed by atoms with Crippen LogP contribution in [0.2, 0.25) is 0 Å². The minimum absolute atomic E-state index is 0.511. The monoisotopic (exact) mass is 271 g/mol. The molecule has 2 aromatic rings. The van der Waals surface area contributed by atoms with Crippen molar-refractivity contribution in [3.05, 3.63) is 30.5 Å². The molecule has 0 aliphatic carbocycles. The van der Waals surface area contributed by atoms with Gasteiger partial charge < -0.3 is 11.1 Å². The molecule has 0 saturated carbocycles. The van der Waals surface area contributed by atoms with Gasteiger partial charge in [-0.25, -0.2) is 0 Å². The van der Waals surface area contributed by atoms with E-state index in [9.17, 15) is 0 Å². The first-order valence-electron chi connectivity index (χ1n) is 7.66. The van der Waals surface area contributed by atoms with Crippen LogP contribution >= 0.6 is 0 Å². The van der Waals surface area contributed by atoms with Crippen LogP contribution in [-0.2, 0) is 0 Å². The smallest absolute Gasteiger partial charge is 0.0724 e. The molecule has 3 nitrogen and oxygen atoms in total. The fraction of sp³-hybridized carbons (Fsp3) is 0.471. The fourth-order valence-corrected chi connectivity index (χ4v) is 2.61. The van der Waals surface area contributed by atoms with E-state index < -0.39 is 0 Å². The molecule has 0 aliphatic rings. The van der Waals surface area contributed by atoms with Crippen LogP contribution in [0.5, 0.6) is 0 Å². The van der Waals surface area contributed by atoms with Crippen molar-refractivity contribution >= 4 is 22.3 Å². The second-order valence-corrected chi connectivity index (χ2v) is 5.37. The average Bonchev–Trinajstić information content (AvgIpc) is 2.48. The average molecular weight is 271 g/mol. The standard InChI is InChI=1S/C17H25N3/c1-3-5-8-13(7-4-2)20-16-11-10-15-14(17(16)18)9-6-12-19-15/h6,9-13,20H,3-5,7-8,18H2,1-2H3. The number of nitrogens with one attached hydrogen (secondary N) is 1. The maximum atomic E-state index is 6.29. The van der Waals surface area contributed by atoms with E-state index in [0.717, 1.165) is 22.3 Å². The van der Waals surface area contributed by atoms with Crippen molar-refractivity contribution in [2.45, 2.75) is 52.0 Å². The van der Waals surface area contributed by atoms with Gasteiger partial charge in [-0.2, -0.15) is 0 Å². The van der Waals surface area contributed by atoms with Crippen LogP contribution in [0.15, 0.2) is 30.5 Å². The number of benzene rings is 1. The van der Waals surface area contributed by atoms with Gasteiger partial charge in [-0.15, -0.1) is 0 Å². The summed E-state index contributed by atoms with van der Waals surface area (Å²) < 4.78 is 0. The van der Waals surface area contributed by atoms with E-state index in [-0.39, 0.29) is 0 Å². The highest BCUT2D eigenvalue weighted by Gasteiger charge is 2.10. The van der Waals surface area contributed by atoms with E-state index in [1.165, 1.54) is 32.1 Å². The second kappa shape index (κ2) is 7.13. The maximum Gasteiger partial charge on any atom is 0.0724 e. The molecule has 1 aromatic carbocycles. The van der Waals surface area contributed by atoms with Gasteiger partial charge in [0.1, 0.15) is 0 Å². The molecule has 3 N–H and O–H groups in total. The van der Waals surface area contributed by atoms with Gasteiger partial charge in [-0.1, -0.05) is 33.1 Å². The van der Waals surface area contributed by atoms with Gasteiger partial charge in [0.25, 0.3) is 0 Å². The van der Waals surface area contributed by atoms with Crippen molar-refractivity contribution in [1.82, 2.24) is 4.98 Å². The first kappa shape index (κ1) is 14.6. The number of pyridine rings is 1. The number of nitrogen functional groups attached to an aromatic ring is 1. The van der Waals surface area contributed by atoms with E-state index in [4.69, 9.17) is 5.73 Å². The third kappa shape index (κ3) is 3.41. The molecule has 0 aliphatic heterocycles. The molecule has 0 radical (unpaired) electrons. The number of unbranched alkanes of at least 4 members (excludes halogenated alkanes) is 1. The van der Waals surface area contributed by atoms with Crippen molar-refractivity contribution in [2.75, 3.05) is 11.1 Å². The van der Waals surface area contributed by atoms with E-state index in [1.54, 1.807) is 6.20 Å². The summed E-state index contributed by atoms with van der Waals surface area (Å²) in [7, 11) is 0. The molecule has 1 atom stereocenters. The van der Waals surface area contributed by atoms with Crippen LogP contribution in [0, 0.1) is 0 Å². The van der Waals surface area contributed by atoms with Gasteiger partial charge in [0, 0.05) is 17.6 Å². The molecule has 0 amide bonds. The number of aromatic nitrogens is 1. The molecule has 108 valence electrons. The van der Waals surface area contributed by atoms with Crippen molar-refractivity contribution in [2.24, 2.45) is 0 Å². The largest absolute Gasteiger partial charge is 0.397 e. The summed E-state index contributed by atoms with van der Waals surface area (Å²) in [5.74, 6) is 0. The van der Waals surface area contributed by atoms with Crippen LogP contribution in [0.3, 0.4) is 0 Å². The Labute approximate surface area is 121 Å². The minimum atomic E-state index is 0.511. The SMILES string of the molecule is CCCCC(CCC)Nc1ccc2ncccc2c1N. The Morgan fingerprint density at radius 3 is 2.75 bits per heavy atom. The molecule has 20 heavy (non-hydrogen) atoms. The quantitative estimate of drug-likeness (QED) is 0.724. The maximum absolute atomic E-state index is 6.29. The number of hydrogen-bond donors (Lipinski definition) is 2. The summed E-state index contributed by atoms with van der Waals surface area (Å²) in [6.45, 7) is 4.47. The van der Waals surface area contributed by atoms with Crippen LogP contribution in [0.1, 0.15) is 46.0 Å². The molecule has 1 aromatic heterocycles. The van der Waals surface area contributed by atoms with Crippen molar-refractivity contribution in [1.29, 1.82) is 0 Å². The van der Waals surface area contributed by atoms with Crippen LogP contribution < -0.4 is 11.1 Å². The summed E-state index contributed by atoms with van der Waals surface area (Å²) in [4.78, 5) is 4.34. The van der Waals surface area contributed by atoms with Crippen molar-refractivity contribution in [3.63, 3.8) is 0 Å². The molecule has 0 bridgehead atoms. The summed E-state index contributed by atoms with van der Waals surface area (Å²) in [5, 5.41) is 4.65. The molecule has 0 fully saturated rings. The zero-order valence-corrected chi connectivity index (χ0v) is 12.5. The lowest BCUT2D eigenvalue weighted by atomic mass is 10.0. The zero-order chi connectivity index (χ0) is 14.4. The number of rotatable bonds is 7. The normalized spacial score (nSPS) is 12.5. The lowest BCUT2D eigenvalue weighted by Crippen LogP contribution is -2.20. The second-order valence-electron chi connectivity index (χ2n) is 5.37. The van der Waals surface area contributed by atoms with Crippen LogP contribution in [0.4, 0.5) is 11.4 Å². The van der Waals surface area contributed by atoms with Crippen molar-refractivity contribution in [3.8, 4) is 0 Å². The molecular formula is C17H25N3. The molecule has 1 heterocycles. The molecular weight excluding hydrogens is 246 g/mol. The third-order valence-electron chi connectivity index (χ3n) is 3.73.